The molecule has 0 aliphatic heterocycles. The lowest BCUT2D eigenvalue weighted by Crippen LogP contribution is -2.20. The van der Waals surface area contributed by atoms with E-state index in [1.165, 1.54) is 19.2 Å². The molecule has 0 amide bonds. The fraction of sp³-hybridized carbons (Fsp3) is 0.294. The molecule has 0 aliphatic rings. The van der Waals surface area contributed by atoms with Crippen LogP contribution < -0.4 is 10.5 Å². The number of rotatable bonds is 6. The molecule has 0 heterocycles. The highest BCUT2D eigenvalue weighted by molar-refractivity contribution is 5.31. The van der Waals surface area contributed by atoms with E-state index in [1.807, 2.05) is 0 Å². The maximum absolute atomic E-state index is 14.1. The Morgan fingerprint density at radius 3 is 2.38 bits per heavy atom. The molecule has 2 rings (SSSR count). The van der Waals surface area contributed by atoms with E-state index in [9.17, 15) is 8.78 Å². The van der Waals surface area contributed by atoms with Gasteiger partial charge in [-0.15, -0.1) is 0 Å². The van der Waals surface area contributed by atoms with Crippen molar-refractivity contribution in [1.82, 2.24) is 0 Å². The average Bonchev–Trinajstić information content (AvgIpc) is 2.50. The van der Waals surface area contributed by atoms with Gasteiger partial charge in [0.25, 0.3) is 0 Å². The second-order valence-electron chi connectivity index (χ2n) is 5.07. The van der Waals surface area contributed by atoms with Crippen molar-refractivity contribution in [3.05, 3.63) is 65.2 Å². The van der Waals surface area contributed by atoms with Gasteiger partial charge in [0.2, 0.25) is 0 Å². The molecule has 1 atom stereocenters. The van der Waals surface area contributed by atoms with Gasteiger partial charge in [-0.3, -0.25) is 0 Å². The van der Waals surface area contributed by atoms with Gasteiger partial charge >= 0.3 is 0 Å². The Morgan fingerprint density at radius 1 is 1.05 bits per heavy atom. The van der Waals surface area contributed by atoms with Crippen LogP contribution in [0.15, 0.2) is 42.5 Å². The molecule has 0 saturated heterocycles. The zero-order chi connectivity index (χ0) is 15.2. The Kier molecular flexibility index (Phi) is 5.28. The van der Waals surface area contributed by atoms with Crippen molar-refractivity contribution >= 4 is 0 Å². The van der Waals surface area contributed by atoms with Crippen molar-refractivity contribution in [3.63, 3.8) is 0 Å². The molecule has 1 unspecified atom stereocenters. The molecule has 0 fully saturated rings. The van der Waals surface area contributed by atoms with Crippen molar-refractivity contribution in [2.24, 2.45) is 11.7 Å². The molecular weight excluding hydrogens is 272 g/mol. The van der Waals surface area contributed by atoms with E-state index in [0.717, 1.165) is 5.56 Å². The largest absolute Gasteiger partial charge is 0.494 e. The van der Waals surface area contributed by atoms with Gasteiger partial charge in [-0.25, -0.2) is 8.78 Å². The molecular formula is C17H19F2NO. The third kappa shape index (κ3) is 4.02. The summed E-state index contributed by atoms with van der Waals surface area (Å²) in [5.74, 6) is -0.262. The molecule has 4 heteroatoms. The number of hydrogen-bond donors (Lipinski definition) is 1. The van der Waals surface area contributed by atoms with E-state index in [4.69, 9.17) is 10.5 Å². The molecule has 2 aromatic carbocycles. The summed E-state index contributed by atoms with van der Waals surface area (Å²) < 4.78 is 32.0. The molecule has 0 spiro atoms. The standard InChI is InChI=1S/C17H19F2NO/c1-21-16-4-2-3-14(17(16)19)10-13(11-20)9-12-5-7-15(18)8-6-12/h2-8,13H,9-11,20H2,1H3. The highest BCUT2D eigenvalue weighted by Crippen LogP contribution is 2.23. The van der Waals surface area contributed by atoms with Crippen LogP contribution in [0.5, 0.6) is 5.75 Å². The first-order chi connectivity index (χ1) is 10.1. The smallest absolute Gasteiger partial charge is 0.168 e. The zero-order valence-electron chi connectivity index (χ0n) is 12.0. The molecule has 0 aliphatic carbocycles. The molecule has 2 nitrogen and oxygen atoms in total. The first kappa shape index (κ1) is 15.4. The van der Waals surface area contributed by atoms with Crippen LogP contribution in [0.2, 0.25) is 0 Å². The molecule has 0 radical (unpaired) electrons. The Morgan fingerprint density at radius 2 is 1.76 bits per heavy atom. The monoisotopic (exact) mass is 291 g/mol. The van der Waals surface area contributed by atoms with Gasteiger partial charge in [-0.1, -0.05) is 24.3 Å². The normalized spacial score (nSPS) is 12.2. The van der Waals surface area contributed by atoms with Crippen molar-refractivity contribution in [1.29, 1.82) is 0 Å². The van der Waals surface area contributed by atoms with Crippen LogP contribution in [0.3, 0.4) is 0 Å². The Hall–Kier alpha value is -1.94. The van der Waals surface area contributed by atoms with E-state index in [-0.39, 0.29) is 23.3 Å². The van der Waals surface area contributed by atoms with Crippen LogP contribution in [-0.4, -0.2) is 13.7 Å². The number of ether oxygens (including phenoxy) is 1. The molecule has 0 bridgehead atoms. The Bertz CT molecular complexity index is 584. The lowest BCUT2D eigenvalue weighted by molar-refractivity contribution is 0.382. The number of nitrogens with two attached hydrogens (primary N) is 1. The third-order valence-electron chi connectivity index (χ3n) is 3.54. The van der Waals surface area contributed by atoms with Gasteiger partial charge in [-0.2, -0.15) is 0 Å². The number of halogens is 2. The van der Waals surface area contributed by atoms with Crippen molar-refractivity contribution in [2.45, 2.75) is 12.8 Å². The first-order valence-corrected chi connectivity index (χ1v) is 6.90. The van der Waals surface area contributed by atoms with Crippen LogP contribution >= 0.6 is 0 Å². The fourth-order valence-electron chi connectivity index (χ4n) is 2.38. The summed E-state index contributed by atoms with van der Waals surface area (Å²) in [6, 6.07) is 11.4. The minimum atomic E-state index is -0.336. The summed E-state index contributed by atoms with van der Waals surface area (Å²) in [6.07, 6.45) is 1.21. The van der Waals surface area contributed by atoms with Crippen LogP contribution in [0, 0.1) is 17.6 Å². The zero-order valence-corrected chi connectivity index (χ0v) is 12.0. The minimum absolute atomic E-state index is 0.0945. The SMILES string of the molecule is COc1cccc(CC(CN)Cc2ccc(F)cc2)c1F. The highest BCUT2D eigenvalue weighted by Gasteiger charge is 2.14. The number of benzene rings is 2. The van der Waals surface area contributed by atoms with E-state index in [0.29, 0.717) is 24.9 Å². The maximum Gasteiger partial charge on any atom is 0.168 e. The molecule has 21 heavy (non-hydrogen) atoms. The number of hydrogen-bond acceptors (Lipinski definition) is 2. The Labute approximate surface area is 123 Å². The van der Waals surface area contributed by atoms with E-state index >= 15 is 0 Å². The first-order valence-electron chi connectivity index (χ1n) is 6.90. The molecule has 2 N–H and O–H groups in total. The van der Waals surface area contributed by atoms with Crippen molar-refractivity contribution < 1.29 is 13.5 Å². The summed E-state index contributed by atoms with van der Waals surface area (Å²) in [7, 11) is 1.45. The predicted molar refractivity (Wildman–Crippen MR) is 79.3 cm³/mol. The van der Waals surface area contributed by atoms with Gasteiger partial charge in [0.15, 0.2) is 11.6 Å². The lowest BCUT2D eigenvalue weighted by Gasteiger charge is -2.16. The van der Waals surface area contributed by atoms with E-state index < -0.39 is 0 Å². The van der Waals surface area contributed by atoms with Gasteiger partial charge < -0.3 is 10.5 Å². The van der Waals surface area contributed by atoms with E-state index in [2.05, 4.69) is 0 Å². The maximum atomic E-state index is 14.1. The number of methoxy groups -OCH3 is 1. The second-order valence-corrected chi connectivity index (χ2v) is 5.07. The van der Waals surface area contributed by atoms with Gasteiger partial charge in [-0.05, 0) is 54.6 Å². The van der Waals surface area contributed by atoms with Crippen molar-refractivity contribution in [3.8, 4) is 5.75 Å². The van der Waals surface area contributed by atoms with E-state index in [1.54, 1.807) is 30.3 Å². The lowest BCUT2D eigenvalue weighted by atomic mass is 9.92. The highest BCUT2D eigenvalue weighted by atomic mass is 19.1. The topological polar surface area (TPSA) is 35.2 Å². The van der Waals surface area contributed by atoms with Crippen LogP contribution in [0.1, 0.15) is 11.1 Å². The third-order valence-corrected chi connectivity index (χ3v) is 3.54. The molecule has 0 saturated carbocycles. The molecule has 112 valence electrons. The van der Waals surface area contributed by atoms with Crippen LogP contribution in [0.4, 0.5) is 8.78 Å². The second kappa shape index (κ2) is 7.18. The van der Waals surface area contributed by atoms with Crippen LogP contribution in [-0.2, 0) is 12.8 Å². The molecule has 2 aromatic rings. The average molecular weight is 291 g/mol. The minimum Gasteiger partial charge on any atom is -0.494 e. The predicted octanol–water partition coefficient (Wildman–Crippen LogP) is 3.33. The van der Waals surface area contributed by atoms with Crippen LogP contribution in [0.25, 0.3) is 0 Å². The summed E-state index contributed by atoms with van der Waals surface area (Å²) in [4.78, 5) is 0. The van der Waals surface area contributed by atoms with Gasteiger partial charge in [0.05, 0.1) is 7.11 Å². The summed E-state index contributed by atoms with van der Waals surface area (Å²) >= 11 is 0. The van der Waals surface area contributed by atoms with Crippen molar-refractivity contribution in [2.75, 3.05) is 13.7 Å². The Balaban J connectivity index is 2.10. The van der Waals surface area contributed by atoms with Gasteiger partial charge in [0, 0.05) is 0 Å². The quantitative estimate of drug-likeness (QED) is 0.886. The summed E-state index contributed by atoms with van der Waals surface area (Å²) in [6.45, 7) is 0.439. The fourth-order valence-corrected chi connectivity index (χ4v) is 2.38. The molecule has 0 aromatic heterocycles. The summed E-state index contributed by atoms with van der Waals surface area (Å²) in [5.41, 5.74) is 7.38. The summed E-state index contributed by atoms with van der Waals surface area (Å²) in [5, 5.41) is 0. The van der Waals surface area contributed by atoms with Gasteiger partial charge in [0.1, 0.15) is 5.82 Å².